The van der Waals surface area contributed by atoms with Crippen LogP contribution in [0.25, 0.3) is 0 Å². The second-order valence-corrected chi connectivity index (χ2v) is 5.67. The van der Waals surface area contributed by atoms with E-state index in [0.29, 0.717) is 0 Å². The van der Waals surface area contributed by atoms with E-state index in [-0.39, 0.29) is 0 Å². The maximum absolute atomic E-state index is 4.17. The molecule has 0 radical (unpaired) electrons. The minimum absolute atomic E-state index is 0.863. The largest absolute Gasteiger partial charge is 0.299 e. The smallest absolute Gasteiger partial charge is 0.0272 e. The van der Waals surface area contributed by atoms with E-state index in [2.05, 4.69) is 23.7 Å². The summed E-state index contributed by atoms with van der Waals surface area (Å²) in [4.78, 5) is 6.77. The zero-order chi connectivity index (χ0) is 11.4. The van der Waals surface area contributed by atoms with E-state index in [4.69, 9.17) is 0 Å². The number of likely N-dealkylation sites (tertiary alicyclic amines) is 1. The van der Waals surface area contributed by atoms with Gasteiger partial charge < -0.3 is 0 Å². The minimum atomic E-state index is 0.863. The highest BCUT2D eigenvalue weighted by Gasteiger charge is 2.20. The van der Waals surface area contributed by atoms with E-state index in [1.165, 1.54) is 37.9 Å². The summed E-state index contributed by atoms with van der Waals surface area (Å²) in [5.41, 5.74) is 1.49. The van der Waals surface area contributed by atoms with Gasteiger partial charge >= 0.3 is 0 Å². The zero-order valence-corrected chi connectivity index (χ0v) is 10.7. The highest BCUT2D eigenvalue weighted by atomic mass is 15.1. The normalized spacial score (nSPS) is 23.1. The summed E-state index contributed by atoms with van der Waals surface area (Å²) in [7, 11) is 0. The molecule has 0 amide bonds. The predicted octanol–water partition coefficient (Wildman–Crippen LogP) is 3.10. The van der Waals surface area contributed by atoms with Crippen LogP contribution in [-0.2, 0) is 0 Å². The molecule has 0 atom stereocenters. The highest BCUT2D eigenvalue weighted by molar-refractivity contribution is 5.65. The first-order chi connectivity index (χ1) is 7.74. The fourth-order valence-corrected chi connectivity index (χ4v) is 2.82. The summed E-state index contributed by atoms with van der Waals surface area (Å²) >= 11 is 0. The van der Waals surface area contributed by atoms with Crippen molar-refractivity contribution in [2.24, 2.45) is 16.8 Å². The van der Waals surface area contributed by atoms with Gasteiger partial charge in [-0.2, -0.15) is 0 Å². The van der Waals surface area contributed by atoms with Crippen LogP contribution in [0.15, 0.2) is 16.8 Å². The average molecular weight is 220 g/mol. The fourth-order valence-electron chi connectivity index (χ4n) is 2.82. The van der Waals surface area contributed by atoms with Crippen LogP contribution in [0.5, 0.6) is 0 Å². The molecule has 2 aliphatic rings. The van der Waals surface area contributed by atoms with Gasteiger partial charge in [0.1, 0.15) is 0 Å². The molecule has 2 heteroatoms. The molecule has 0 unspecified atom stereocenters. The molecular weight excluding hydrogens is 196 g/mol. The molecule has 0 bridgehead atoms. The number of aliphatic imine (C=N–C) groups is 1. The van der Waals surface area contributed by atoms with Crippen molar-refractivity contribution < 1.29 is 0 Å². The van der Waals surface area contributed by atoms with Gasteiger partial charge in [0.2, 0.25) is 0 Å². The van der Waals surface area contributed by atoms with Crippen molar-refractivity contribution in [3.8, 4) is 0 Å². The van der Waals surface area contributed by atoms with Crippen molar-refractivity contribution in [2.75, 3.05) is 19.6 Å². The van der Waals surface area contributed by atoms with Gasteiger partial charge in [0.25, 0.3) is 0 Å². The first-order valence-electron chi connectivity index (χ1n) is 6.66. The van der Waals surface area contributed by atoms with Crippen molar-refractivity contribution in [3.05, 3.63) is 11.8 Å². The Morgan fingerprint density at radius 2 is 2.12 bits per heavy atom. The maximum atomic E-state index is 4.17. The summed E-state index contributed by atoms with van der Waals surface area (Å²) in [6, 6.07) is 0. The van der Waals surface area contributed by atoms with Crippen LogP contribution in [0.3, 0.4) is 0 Å². The van der Waals surface area contributed by atoms with Crippen LogP contribution in [0.4, 0.5) is 0 Å². The van der Waals surface area contributed by atoms with Crippen LogP contribution >= 0.6 is 0 Å². The van der Waals surface area contributed by atoms with Gasteiger partial charge in [0, 0.05) is 25.4 Å². The first kappa shape index (κ1) is 11.8. The van der Waals surface area contributed by atoms with Crippen molar-refractivity contribution >= 4 is 6.21 Å². The van der Waals surface area contributed by atoms with E-state index in [9.17, 15) is 0 Å². The van der Waals surface area contributed by atoms with E-state index in [1.54, 1.807) is 0 Å². The average Bonchev–Trinajstić information content (AvgIpc) is 2.73. The monoisotopic (exact) mass is 220 g/mol. The predicted molar refractivity (Wildman–Crippen MR) is 69.8 cm³/mol. The molecule has 1 saturated heterocycles. The number of nitrogens with zero attached hydrogens (tertiary/aromatic N) is 2. The summed E-state index contributed by atoms with van der Waals surface area (Å²) in [5.74, 6) is 1.84. The van der Waals surface area contributed by atoms with Gasteiger partial charge in [-0.05, 0) is 49.8 Å². The Bertz CT molecular complexity index is 270. The van der Waals surface area contributed by atoms with Crippen LogP contribution in [-0.4, -0.2) is 30.7 Å². The van der Waals surface area contributed by atoms with Gasteiger partial charge in [-0.15, -0.1) is 0 Å². The van der Waals surface area contributed by atoms with E-state index in [1.807, 2.05) is 12.4 Å². The molecule has 2 rings (SSSR count). The number of hydrogen-bond acceptors (Lipinski definition) is 2. The summed E-state index contributed by atoms with van der Waals surface area (Å²) in [6.07, 6.45) is 9.34. The third-order valence-corrected chi connectivity index (χ3v) is 3.65. The molecule has 16 heavy (non-hydrogen) atoms. The Kier molecular flexibility index (Phi) is 4.16. The van der Waals surface area contributed by atoms with Gasteiger partial charge in [-0.1, -0.05) is 13.8 Å². The number of rotatable bonds is 4. The fraction of sp³-hybridized carbons (Fsp3) is 0.786. The third kappa shape index (κ3) is 3.44. The van der Waals surface area contributed by atoms with E-state index >= 15 is 0 Å². The summed E-state index contributed by atoms with van der Waals surface area (Å²) in [5, 5.41) is 0. The lowest BCUT2D eigenvalue weighted by atomic mass is 9.88. The Morgan fingerprint density at radius 1 is 1.38 bits per heavy atom. The molecular formula is C14H24N2. The Labute approximate surface area is 99.4 Å². The van der Waals surface area contributed by atoms with Gasteiger partial charge in [0.05, 0.1) is 0 Å². The molecule has 0 saturated carbocycles. The molecule has 2 aliphatic heterocycles. The van der Waals surface area contributed by atoms with Gasteiger partial charge in [0.15, 0.2) is 0 Å². The van der Waals surface area contributed by atoms with Crippen LogP contribution < -0.4 is 0 Å². The van der Waals surface area contributed by atoms with Crippen molar-refractivity contribution in [1.29, 1.82) is 0 Å². The Morgan fingerprint density at radius 3 is 2.69 bits per heavy atom. The highest BCUT2D eigenvalue weighted by Crippen LogP contribution is 2.24. The van der Waals surface area contributed by atoms with Gasteiger partial charge in [-0.25, -0.2) is 0 Å². The molecule has 0 aromatic rings. The Hall–Kier alpha value is -0.630. The molecule has 0 aromatic heterocycles. The lowest BCUT2D eigenvalue weighted by molar-refractivity contribution is 0.181. The van der Waals surface area contributed by atoms with Crippen molar-refractivity contribution in [2.45, 2.75) is 39.5 Å². The molecule has 0 aliphatic carbocycles. The third-order valence-electron chi connectivity index (χ3n) is 3.65. The standard InChI is InChI=1S/C14H24N2/c1-12(2)9-13-4-7-16(8-5-13)11-14-3-6-15-10-14/h6,10,12-13H,3-5,7-9,11H2,1-2H3. The topological polar surface area (TPSA) is 15.6 Å². The van der Waals surface area contributed by atoms with Crippen molar-refractivity contribution in [1.82, 2.24) is 4.90 Å². The summed E-state index contributed by atoms with van der Waals surface area (Å²) < 4.78 is 0. The molecule has 0 N–H and O–H groups in total. The SMILES string of the molecule is CC(C)CC1CCN(CC2=CN=CC2)CC1. The van der Waals surface area contributed by atoms with Crippen LogP contribution in [0, 0.1) is 11.8 Å². The quantitative estimate of drug-likeness (QED) is 0.711. The van der Waals surface area contributed by atoms with E-state index in [0.717, 1.165) is 24.8 Å². The number of piperidine rings is 1. The van der Waals surface area contributed by atoms with Crippen LogP contribution in [0.1, 0.15) is 39.5 Å². The molecule has 90 valence electrons. The molecule has 2 nitrogen and oxygen atoms in total. The second kappa shape index (κ2) is 5.62. The molecule has 2 heterocycles. The number of hydrogen-bond donors (Lipinski definition) is 0. The van der Waals surface area contributed by atoms with Gasteiger partial charge in [-0.3, -0.25) is 9.89 Å². The summed E-state index contributed by atoms with van der Waals surface area (Å²) in [6.45, 7) is 8.40. The van der Waals surface area contributed by atoms with E-state index < -0.39 is 0 Å². The Balaban J connectivity index is 1.69. The van der Waals surface area contributed by atoms with Crippen LogP contribution in [0.2, 0.25) is 0 Å². The first-order valence-corrected chi connectivity index (χ1v) is 6.66. The maximum Gasteiger partial charge on any atom is 0.0272 e. The molecule has 0 spiro atoms. The van der Waals surface area contributed by atoms with Crippen molar-refractivity contribution in [3.63, 3.8) is 0 Å². The lowest BCUT2D eigenvalue weighted by Gasteiger charge is -2.32. The zero-order valence-electron chi connectivity index (χ0n) is 10.7. The minimum Gasteiger partial charge on any atom is -0.299 e. The molecule has 0 aromatic carbocycles. The second-order valence-electron chi connectivity index (χ2n) is 5.67. The lowest BCUT2D eigenvalue weighted by Crippen LogP contribution is -2.35. The molecule has 1 fully saturated rings.